The summed E-state index contributed by atoms with van der Waals surface area (Å²) >= 11 is 6.12. The number of hydrogen-bond acceptors (Lipinski definition) is 4. The lowest BCUT2D eigenvalue weighted by molar-refractivity contribution is 0.262. The van der Waals surface area contributed by atoms with Crippen LogP contribution in [0.5, 0.6) is 5.75 Å². The number of ether oxygens (including phenoxy) is 1. The minimum absolute atomic E-state index is 0.123. The van der Waals surface area contributed by atoms with Crippen LogP contribution in [0.15, 0.2) is 65.6 Å². The first kappa shape index (κ1) is 22.4. The number of carbonyl (C=O) groups is 1. The Morgan fingerprint density at radius 1 is 0.970 bits per heavy atom. The van der Waals surface area contributed by atoms with E-state index in [0.717, 1.165) is 16.7 Å². The van der Waals surface area contributed by atoms with E-state index in [-0.39, 0.29) is 12.2 Å². The largest absolute Gasteiger partial charge is 0.487 e. The lowest BCUT2D eigenvalue weighted by atomic mass is 10.2. The van der Waals surface area contributed by atoms with Crippen molar-refractivity contribution in [1.29, 1.82) is 0 Å². The summed E-state index contributed by atoms with van der Waals surface area (Å²) in [6.07, 6.45) is 1.71. The van der Waals surface area contributed by atoms with Crippen LogP contribution in [0, 0.1) is 20.8 Å². The highest BCUT2D eigenvalue weighted by molar-refractivity contribution is 6.31. The summed E-state index contributed by atoms with van der Waals surface area (Å²) in [4.78, 5) is 29.3. The molecular weight excluding hydrogens is 440 g/mol. The number of halogens is 1. The van der Waals surface area contributed by atoms with Crippen molar-refractivity contribution in [2.75, 3.05) is 10.6 Å². The van der Waals surface area contributed by atoms with Crippen molar-refractivity contribution < 1.29 is 9.53 Å². The third kappa shape index (κ3) is 5.32. The first-order valence-corrected chi connectivity index (χ1v) is 10.7. The number of pyridine rings is 1. The molecule has 0 bridgehead atoms. The standard InChI is InChI=1S/C25H23ClN4O3/c1-15-8-9-30-23(10-15)27-20(13-24(30)31)14-33-22-12-19(7-5-17(22)3)29-25(32)28-18-6-4-16(2)21(26)11-18/h4-13H,14H2,1-3H3,(H2,28,29,32). The van der Waals surface area contributed by atoms with Gasteiger partial charge in [-0.1, -0.05) is 23.7 Å². The van der Waals surface area contributed by atoms with Crippen molar-refractivity contribution in [2.24, 2.45) is 0 Å². The molecule has 0 aliphatic heterocycles. The average Bonchev–Trinajstić information content (AvgIpc) is 2.76. The lowest BCUT2D eigenvalue weighted by Gasteiger charge is -2.13. The predicted molar refractivity (Wildman–Crippen MR) is 131 cm³/mol. The normalized spacial score (nSPS) is 10.8. The number of carbonyl (C=O) groups excluding carboxylic acids is 1. The Hall–Kier alpha value is -3.84. The van der Waals surface area contributed by atoms with Gasteiger partial charge in [-0.2, -0.15) is 0 Å². The summed E-state index contributed by atoms with van der Waals surface area (Å²) in [5.41, 5.74) is 4.92. The van der Waals surface area contributed by atoms with Crippen LogP contribution in [0.1, 0.15) is 22.4 Å². The molecule has 0 saturated heterocycles. The monoisotopic (exact) mass is 462 g/mol. The zero-order chi connectivity index (χ0) is 23.5. The van der Waals surface area contributed by atoms with Crippen molar-refractivity contribution in [1.82, 2.24) is 9.38 Å². The van der Waals surface area contributed by atoms with Gasteiger partial charge in [0.05, 0.1) is 5.69 Å². The number of aryl methyl sites for hydroxylation is 3. The van der Waals surface area contributed by atoms with Gasteiger partial charge in [-0.3, -0.25) is 9.20 Å². The smallest absolute Gasteiger partial charge is 0.323 e. The third-order valence-electron chi connectivity index (χ3n) is 5.13. The second-order valence-electron chi connectivity index (χ2n) is 7.83. The highest BCUT2D eigenvalue weighted by Gasteiger charge is 2.09. The van der Waals surface area contributed by atoms with Crippen molar-refractivity contribution in [3.8, 4) is 5.75 Å². The van der Waals surface area contributed by atoms with E-state index in [1.54, 1.807) is 30.5 Å². The summed E-state index contributed by atoms with van der Waals surface area (Å²) in [7, 11) is 0. The molecule has 8 heteroatoms. The number of amides is 2. The van der Waals surface area contributed by atoms with Gasteiger partial charge in [0.15, 0.2) is 0 Å². The molecule has 7 nitrogen and oxygen atoms in total. The first-order valence-electron chi connectivity index (χ1n) is 10.3. The van der Waals surface area contributed by atoms with Crippen molar-refractivity contribution >= 4 is 34.7 Å². The number of benzene rings is 2. The second-order valence-corrected chi connectivity index (χ2v) is 8.24. The molecule has 0 spiro atoms. The van der Waals surface area contributed by atoms with Crippen LogP contribution in [0.25, 0.3) is 5.65 Å². The van der Waals surface area contributed by atoms with E-state index in [4.69, 9.17) is 16.3 Å². The Kier molecular flexibility index (Phi) is 6.33. The van der Waals surface area contributed by atoms with E-state index in [0.29, 0.717) is 33.5 Å². The third-order valence-corrected chi connectivity index (χ3v) is 5.53. The Morgan fingerprint density at radius 3 is 2.39 bits per heavy atom. The van der Waals surface area contributed by atoms with Gasteiger partial charge in [-0.25, -0.2) is 9.78 Å². The van der Waals surface area contributed by atoms with Crippen molar-refractivity contribution in [2.45, 2.75) is 27.4 Å². The fraction of sp³-hybridized carbons (Fsp3) is 0.160. The number of rotatable bonds is 5. The summed E-state index contributed by atoms with van der Waals surface area (Å²) in [6, 6.07) is 15.4. The van der Waals surface area contributed by atoms with E-state index in [1.165, 1.54) is 10.5 Å². The molecule has 4 aromatic rings. The van der Waals surface area contributed by atoms with E-state index >= 15 is 0 Å². The summed E-state index contributed by atoms with van der Waals surface area (Å²) in [6.45, 7) is 5.86. The van der Waals surface area contributed by atoms with Gasteiger partial charge in [0.1, 0.15) is 18.0 Å². The van der Waals surface area contributed by atoms with Gasteiger partial charge in [0.2, 0.25) is 0 Å². The van der Waals surface area contributed by atoms with Crippen LogP contribution >= 0.6 is 11.6 Å². The van der Waals surface area contributed by atoms with Gasteiger partial charge in [0, 0.05) is 34.7 Å². The number of urea groups is 1. The molecule has 0 aliphatic carbocycles. The minimum Gasteiger partial charge on any atom is -0.487 e. The second kappa shape index (κ2) is 9.34. The summed E-state index contributed by atoms with van der Waals surface area (Å²) in [5, 5.41) is 6.12. The van der Waals surface area contributed by atoms with Crippen LogP contribution in [0.2, 0.25) is 5.02 Å². The van der Waals surface area contributed by atoms with Crippen LogP contribution < -0.4 is 20.9 Å². The van der Waals surface area contributed by atoms with Crippen molar-refractivity contribution in [3.63, 3.8) is 0 Å². The molecule has 2 aromatic heterocycles. The minimum atomic E-state index is -0.399. The Bertz CT molecular complexity index is 1410. The molecule has 2 aromatic carbocycles. The molecule has 0 saturated carbocycles. The molecule has 0 aliphatic rings. The SMILES string of the molecule is Cc1ccn2c(=O)cc(COc3cc(NC(=O)Nc4ccc(C)c(Cl)c4)ccc3C)nc2c1. The zero-order valence-electron chi connectivity index (χ0n) is 18.5. The predicted octanol–water partition coefficient (Wildman–Crippen LogP) is 5.50. The van der Waals surface area contributed by atoms with E-state index in [9.17, 15) is 9.59 Å². The first-order chi connectivity index (χ1) is 15.8. The Labute approximate surface area is 196 Å². The van der Waals surface area contributed by atoms with Gasteiger partial charge in [-0.05, 0) is 67.8 Å². The molecule has 0 fully saturated rings. The van der Waals surface area contributed by atoms with Gasteiger partial charge < -0.3 is 15.4 Å². The maximum atomic E-state index is 12.4. The number of nitrogens with zero attached hydrogens (tertiary/aromatic N) is 2. The number of nitrogens with one attached hydrogen (secondary N) is 2. The maximum Gasteiger partial charge on any atom is 0.323 e. The van der Waals surface area contributed by atoms with E-state index in [1.807, 2.05) is 45.0 Å². The lowest BCUT2D eigenvalue weighted by Crippen LogP contribution is -2.19. The highest BCUT2D eigenvalue weighted by Crippen LogP contribution is 2.24. The number of anilines is 2. The van der Waals surface area contributed by atoms with Crippen molar-refractivity contribution in [3.05, 3.63) is 98.6 Å². The number of hydrogen-bond donors (Lipinski definition) is 2. The molecule has 4 rings (SSSR count). The fourth-order valence-electron chi connectivity index (χ4n) is 3.28. The molecule has 0 unspecified atom stereocenters. The van der Waals surface area contributed by atoms with Crippen LogP contribution in [0.3, 0.4) is 0 Å². The fourth-order valence-corrected chi connectivity index (χ4v) is 3.46. The Balaban J connectivity index is 1.46. The van der Waals surface area contributed by atoms with Crippen LogP contribution in [-0.2, 0) is 6.61 Å². The number of aromatic nitrogens is 2. The van der Waals surface area contributed by atoms with Gasteiger partial charge in [-0.15, -0.1) is 0 Å². The molecule has 2 heterocycles. The molecule has 2 N–H and O–H groups in total. The molecule has 2 amide bonds. The van der Waals surface area contributed by atoms with Gasteiger partial charge in [0.25, 0.3) is 5.56 Å². The number of fused-ring (bicyclic) bond motifs is 1. The van der Waals surface area contributed by atoms with Crippen LogP contribution in [0.4, 0.5) is 16.2 Å². The average molecular weight is 463 g/mol. The van der Waals surface area contributed by atoms with E-state index < -0.39 is 6.03 Å². The van der Waals surface area contributed by atoms with E-state index in [2.05, 4.69) is 15.6 Å². The van der Waals surface area contributed by atoms with Gasteiger partial charge >= 0.3 is 6.03 Å². The molecular formula is C25H23ClN4O3. The van der Waals surface area contributed by atoms with Crippen LogP contribution in [-0.4, -0.2) is 15.4 Å². The summed E-state index contributed by atoms with van der Waals surface area (Å²) in [5.74, 6) is 0.581. The maximum absolute atomic E-state index is 12.4. The molecule has 33 heavy (non-hydrogen) atoms. The topological polar surface area (TPSA) is 84.7 Å². The molecule has 168 valence electrons. The quantitative estimate of drug-likeness (QED) is 0.410. The molecule has 0 atom stereocenters. The Morgan fingerprint density at radius 2 is 1.67 bits per heavy atom. The zero-order valence-corrected chi connectivity index (χ0v) is 19.2. The summed E-state index contributed by atoms with van der Waals surface area (Å²) < 4.78 is 7.42. The molecule has 0 radical (unpaired) electrons. The highest BCUT2D eigenvalue weighted by atomic mass is 35.5.